The first kappa shape index (κ1) is 19.3. The van der Waals surface area contributed by atoms with Crippen molar-refractivity contribution in [1.82, 2.24) is 4.90 Å². The molecule has 29 heavy (non-hydrogen) atoms. The summed E-state index contributed by atoms with van der Waals surface area (Å²) in [7, 11) is 0. The number of fused-ring (bicyclic) bond motifs is 1. The zero-order valence-corrected chi connectivity index (χ0v) is 16.8. The van der Waals surface area contributed by atoms with Crippen LogP contribution in [-0.2, 0) is 4.79 Å². The molecule has 0 saturated carbocycles. The van der Waals surface area contributed by atoms with Crippen LogP contribution in [0.2, 0.25) is 0 Å². The van der Waals surface area contributed by atoms with Crippen molar-refractivity contribution in [3.63, 3.8) is 0 Å². The fourth-order valence-electron chi connectivity index (χ4n) is 3.86. The molecule has 0 aromatic heterocycles. The number of likely N-dealkylation sites (tertiary alicyclic amines) is 1. The number of benzene rings is 2. The van der Waals surface area contributed by atoms with E-state index in [-0.39, 0.29) is 24.5 Å². The van der Waals surface area contributed by atoms with Crippen molar-refractivity contribution >= 4 is 17.5 Å². The van der Waals surface area contributed by atoms with E-state index in [1.807, 2.05) is 36.1 Å². The Bertz CT molecular complexity index is 927. The highest BCUT2D eigenvalue weighted by Crippen LogP contribution is 2.31. The zero-order valence-electron chi connectivity index (χ0n) is 16.8. The molecule has 2 unspecified atom stereocenters. The van der Waals surface area contributed by atoms with Gasteiger partial charge in [0.2, 0.25) is 6.10 Å². The average molecular weight is 394 g/mol. The molecule has 2 aromatic carbocycles. The van der Waals surface area contributed by atoms with Crippen molar-refractivity contribution in [3.05, 3.63) is 53.6 Å². The van der Waals surface area contributed by atoms with Crippen LogP contribution in [0.5, 0.6) is 11.5 Å². The number of nitrogens with zero attached hydrogens (tertiary/aromatic N) is 1. The molecule has 1 N–H and O–H groups in total. The van der Waals surface area contributed by atoms with Crippen molar-refractivity contribution in [2.45, 2.75) is 45.3 Å². The van der Waals surface area contributed by atoms with Gasteiger partial charge in [0, 0.05) is 23.8 Å². The van der Waals surface area contributed by atoms with Gasteiger partial charge in [-0.3, -0.25) is 9.59 Å². The topological polar surface area (TPSA) is 67.9 Å². The van der Waals surface area contributed by atoms with Crippen LogP contribution in [0, 0.1) is 6.92 Å². The lowest BCUT2D eigenvalue weighted by Crippen LogP contribution is -2.42. The van der Waals surface area contributed by atoms with Gasteiger partial charge in [-0.1, -0.05) is 12.1 Å². The number of rotatable bonds is 3. The number of hydrogen-bond donors (Lipinski definition) is 1. The fraction of sp³-hybridized carbons (Fsp3) is 0.391. The van der Waals surface area contributed by atoms with Crippen LogP contribution >= 0.6 is 0 Å². The molecule has 2 amide bonds. The first-order valence-corrected chi connectivity index (χ1v) is 10.1. The predicted molar refractivity (Wildman–Crippen MR) is 111 cm³/mol. The van der Waals surface area contributed by atoms with Gasteiger partial charge in [0.05, 0.1) is 0 Å². The predicted octanol–water partition coefficient (Wildman–Crippen LogP) is 3.79. The molecule has 1 fully saturated rings. The van der Waals surface area contributed by atoms with Crippen molar-refractivity contribution < 1.29 is 19.1 Å². The van der Waals surface area contributed by atoms with Gasteiger partial charge < -0.3 is 19.7 Å². The SMILES string of the molecule is Cc1cc(C(=O)N2CCCCC2C)ccc1NC(=O)C1COc2ccccc2O1. The minimum Gasteiger partial charge on any atom is -0.485 e. The van der Waals surface area contributed by atoms with Gasteiger partial charge in [-0.05, 0) is 69.0 Å². The molecule has 152 valence electrons. The van der Waals surface area contributed by atoms with E-state index in [1.54, 1.807) is 18.2 Å². The van der Waals surface area contributed by atoms with E-state index >= 15 is 0 Å². The highest BCUT2D eigenvalue weighted by Gasteiger charge is 2.28. The summed E-state index contributed by atoms with van der Waals surface area (Å²) in [5.74, 6) is 0.986. The van der Waals surface area contributed by atoms with E-state index in [0.717, 1.165) is 24.9 Å². The van der Waals surface area contributed by atoms with E-state index < -0.39 is 6.10 Å². The Kier molecular flexibility index (Phi) is 5.43. The summed E-state index contributed by atoms with van der Waals surface area (Å²) < 4.78 is 11.4. The summed E-state index contributed by atoms with van der Waals surface area (Å²) in [5.41, 5.74) is 2.16. The van der Waals surface area contributed by atoms with E-state index in [4.69, 9.17) is 9.47 Å². The molecule has 6 heteroatoms. The van der Waals surface area contributed by atoms with Gasteiger partial charge >= 0.3 is 0 Å². The summed E-state index contributed by atoms with van der Waals surface area (Å²) >= 11 is 0. The van der Waals surface area contributed by atoms with Gasteiger partial charge in [0.25, 0.3) is 11.8 Å². The van der Waals surface area contributed by atoms with Crippen molar-refractivity contribution in [2.75, 3.05) is 18.5 Å². The number of amides is 2. The second kappa shape index (κ2) is 8.15. The van der Waals surface area contributed by atoms with Crippen molar-refractivity contribution in [1.29, 1.82) is 0 Å². The molecule has 2 aliphatic rings. The number of piperidine rings is 1. The van der Waals surface area contributed by atoms with Crippen LogP contribution in [0.4, 0.5) is 5.69 Å². The molecular formula is C23H26N2O4. The monoisotopic (exact) mass is 394 g/mol. The lowest BCUT2D eigenvalue weighted by Gasteiger charge is -2.33. The third-order valence-electron chi connectivity index (χ3n) is 5.60. The van der Waals surface area contributed by atoms with Crippen LogP contribution in [0.15, 0.2) is 42.5 Å². The summed E-state index contributed by atoms with van der Waals surface area (Å²) in [6.07, 6.45) is 2.55. The lowest BCUT2D eigenvalue weighted by atomic mass is 10.0. The maximum absolute atomic E-state index is 12.9. The largest absolute Gasteiger partial charge is 0.485 e. The molecule has 4 rings (SSSR count). The Balaban J connectivity index is 1.43. The van der Waals surface area contributed by atoms with E-state index in [1.165, 1.54) is 6.42 Å². The standard InChI is InChI=1S/C23H26N2O4/c1-15-13-17(23(27)25-12-6-5-7-16(25)2)10-11-18(15)24-22(26)21-14-28-19-8-3-4-9-20(19)29-21/h3-4,8-11,13,16,21H,5-7,12,14H2,1-2H3,(H,24,26). The Morgan fingerprint density at radius 1 is 1.10 bits per heavy atom. The van der Waals surface area contributed by atoms with Crippen LogP contribution in [-0.4, -0.2) is 42.0 Å². The third-order valence-corrected chi connectivity index (χ3v) is 5.60. The number of hydrogen-bond acceptors (Lipinski definition) is 4. The van der Waals surface area contributed by atoms with Crippen LogP contribution in [0.1, 0.15) is 42.1 Å². The Labute approximate surface area is 170 Å². The first-order chi connectivity index (χ1) is 14.0. The first-order valence-electron chi connectivity index (χ1n) is 10.1. The van der Waals surface area contributed by atoms with Gasteiger partial charge in [-0.25, -0.2) is 0 Å². The van der Waals surface area contributed by atoms with Crippen molar-refractivity contribution in [2.24, 2.45) is 0 Å². The zero-order chi connectivity index (χ0) is 20.4. The maximum Gasteiger partial charge on any atom is 0.269 e. The van der Waals surface area contributed by atoms with Gasteiger partial charge in [-0.15, -0.1) is 0 Å². The summed E-state index contributed by atoms with van der Waals surface area (Å²) in [5, 5.41) is 2.90. The molecular weight excluding hydrogens is 368 g/mol. The second-order valence-corrected chi connectivity index (χ2v) is 7.73. The average Bonchev–Trinajstić information content (AvgIpc) is 2.74. The van der Waals surface area contributed by atoms with Crippen LogP contribution in [0.3, 0.4) is 0 Å². The molecule has 0 bridgehead atoms. The van der Waals surface area contributed by atoms with Gasteiger partial charge in [0.15, 0.2) is 11.5 Å². The number of anilines is 1. The van der Waals surface area contributed by atoms with Gasteiger partial charge in [-0.2, -0.15) is 0 Å². The van der Waals surface area contributed by atoms with E-state index in [9.17, 15) is 9.59 Å². The number of para-hydroxylation sites is 2. The molecule has 2 aromatic rings. The normalized spacial score (nSPS) is 20.8. The van der Waals surface area contributed by atoms with Crippen LogP contribution in [0.25, 0.3) is 0 Å². The molecule has 2 aliphatic heterocycles. The number of aryl methyl sites for hydroxylation is 1. The molecule has 0 spiro atoms. The minimum atomic E-state index is -0.722. The van der Waals surface area contributed by atoms with Gasteiger partial charge in [0.1, 0.15) is 6.61 Å². The highest BCUT2D eigenvalue weighted by atomic mass is 16.6. The Hall–Kier alpha value is -3.02. The Morgan fingerprint density at radius 3 is 2.66 bits per heavy atom. The molecule has 2 heterocycles. The smallest absolute Gasteiger partial charge is 0.269 e. The van der Waals surface area contributed by atoms with Crippen LogP contribution < -0.4 is 14.8 Å². The number of ether oxygens (including phenoxy) is 2. The van der Waals surface area contributed by atoms with Crippen molar-refractivity contribution in [3.8, 4) is 11.5 Å². The number of carbonyl (C=O) groups is 2. The molecule has 6 nitrogen and oxygen atoms in total. The fourth-order valence-corrected chi connectivity index (χ4v) is 3.86. The lowest BCUT2D eigenvalue weighted by molar-refractivity contribution is -0.125. The Morgan fingerprint density at radius 2 is 1.90 bits per heavy atom. The quantitative estimate of drug-likeness (QED) is 0.860. The summed E-state index contributed by atoms with van der Waals surface area (Å²) in [4.78, 5) is 27.5. The number of nitrogens with one attached hydrogen (secondary N) is 1. The second-order valence-electron chi connectivity index (χ2n) is 7.73. The highest BCUT2D eigenvalue weighted by molar-refractivity contribution is 5.98. The van der Waals surface area contributed by atoms with E-state index in [0.29, 0.717) is 22.7 Å². The number of carbonyl (C=O) groups excluding carboxylic acids is 2. The summed E-state index contributed by atoms with van der Waals surface area (Å²) in [6.45, 7) is 4.95. The molecule has 2 atom stereocenters. The van der Waals surface area contributed by atoms with E-state index in [2.05, 4.69) is 12.2 Å². The molecule has 1 saturated heterocycles. The third kappa shape index (κ3) is 4.06. The molecule has 0 radical (unpaired) electrons. The minimum absolute atomic E-state index is 0.0544. The summed E-state index contributed by atoms with van der Waals surface area (Å²) in [6, 6.07) is 13.0. The molecule has 0 aliphatic carbocycles. The maximum atomic E-state index is 12.9.